The van der Waals surface area contributed by atoms with E-state index in [1.165, 1.54) is 5.70 Å². The summed E-state index contributed by atoms with van der Waals surface area (Å²) in [5, 5.41) is 10.9. The third-order valence-electron chi connectivity index (χ3n) is 6.58. The van der Waals surface area contributed by atoms with Crippen LogP contribution in [0, 0.1) is 16.7 Å². The molecule has 1 aromatic rings. The van der Waals surface area contributed by atoms with E-state index in [-0.39, 0.29) is 34.7 Å². The number of aliphatic hydroxyl groups is 1. The number of carbonyl (C=O) groups excluding carboxylic acids is 1. The summed E-state index contributed by atoms with van der Waals surface area (Å²) in [5.74, 6) is 0.430. The van der Waals surface area contributed by atoms with Crippen LogP contribution in [-0.4, -0.2) is 23.0 Å². The number of carbonyl (C=O) groups is 1. The molecule has 3 atom stereocenters. The van der Waals surface area contributed by atoms with Crippen LogP contribution in [0.3, 0.4) is 0 Å². The van der Waals surface area contributed by atoms with Crippen LogP contribution in [0.1, 0.15) is 59.8 Å². The normalized spacial score (nSPS) is 32.9. The molecule has 0 bridgehead atoms. The molecule has 1 fully saturated rings. The fourth-order valence-electron chi connectivity index (χ4n) is 5.49. The Morgan fingerprint density at radius 3 is 2.38 bits per heavy atom. The largest absolute Gasteiger partial charge is 0.393 e. The molecule has 1 heterocycles. The molecule has 1 N–H and O–H groups in total. The molecule has 1 aliphatic heterocycles. The van der Waals surface area contributed by atoms with E-state index in [1.807, 2.05) is 6.07 Å². The van der Waals surface area contributed by atoms with Crippen LogP contribution in [0.5, 0.6) is 0 Å². The van der Waals surface area contributed by atoms with Crippen LogP contribution in [0.2, 0.25) is 0 Å². The van der Waals surface area contributed by atoms with Gasteiger partial charge in [-0.15, -0.1) is 0 Å². The third-order valence-corrected chi connectivity index (χ3v) is 6.58. The minimum atomic E-state index is -0.341. The number of aliphatic hydroxyl groups excluding tert-OH is 1. The molecule has 0 spiro atoms. The molecule has 1 aromatic carbocycles. The Kier molecular flexibility index (Phi) is 4.07. The molecule has 1 saturated carbocycles. The van der Waals surface area contributed by atoms with Crippen LogP contribution in [-0.2, 0) is 4.79 Å². The van der Waals surface area contributed by atoms with Crippen LogP contribution < -0.4 is 4.90 Å². The number of para-hydroxylation sites is 1. The van der Waals surface area contributed by atoms with E-state index < -0.39 is 0 Å². The maximum absolute atomic E-state index is 13.0. The predicted molar refractivity (Wildman–Crippen MR) is 105 cm³/mol. The van der Waals surface area contributed by atoms with Gasteiger partial charge in [0.05, 0.1) is 6.10 Å². The highest BCUT2D eigenvalue weighted by molar-refractivity contribution is 5.98. The van der Waals surface area contributed by atoms with Crippen molar-refractivity contribution < 1.29 is 9.90 Å². The van der Waals surface area contributed by atoms with Crippen molar-refractivity contribution in [3.63, 3.8) is 0 Å². The highest BCUT2D eigenvalue weighted by Crippen LogP contribution is 2.52. The van der Waals surface area contributed by atoms with E-state index in [0.717, 1.165) is 36.9 Å². The summed E-state index contributed by atoms with van der Waals surface area (Å²) in [6, 6.07) is 10.7. The molecular formula is C23H31NO2. The number of rotatable bonds is 1. The van der Waals surface area contributed by atoms with Crippen LogP contribution in [0.4, 0.5) is 5.69 Å². The van der Waals surface area contributed by atoms with Crippen molar-refractivity contribution in [3.05, 3.63) is 41.6 Å². The van der Waals surface area contributed by atoms with Crippen LogP contribution in [0.25, 0.3) is 0 Å². The van der Waals surface area contributed by atoms with Gasteiger partial charge >= 0.3 is 0 Å². The maximum atomic E-state index is 13.0. The minimum absolute atomic E-state index is 0.00140. The molecule has 0 aromatic heterocycles. The van der Waals surface area contributed by atoms with Gasteiger partial charge in [-0.1, -0.05) is 45.9 Å². The number of Topliss-reactive ketones (excluding diaryl/α,β-unsaturated/α-hetero) is 1. The Morgan fingerprint density at radius 2 is 1.69 bits per heavy atom. The number of ketones is 1. The van der Waals surface area contributed by atoms with Crippen molar-refractivity contribution in [1.82, 2.24) is 0 Å². The lowest BCUT2D eigenvalue weighted by Crippen LogP contribution is -2.56. The summed E-state index contributed by atoms with van der Waals surface area (Å²) in [5.41, 5.74) is 3.46. The Hall–Kier alpha value is -1.61. The molecule has 0 saturated heterocycles. The second-order valence-corrected chi connectivity index (χ2v) is 10.1. The Labute approximate surface area is 157 Å². The number of allylic oxidation sites excluding steroid dienone is 2. The SMILES string of the molecule is CC1(C)CC(=O)C2=C(C1)N(c1ccccc1)[C@@H]1CC(C)(C)C[C@@H](O)[C@@H]1C2. The van der Waals surface area contributed by atoms with E-state index in [2.05, 4.69) is 56.9 Å². The number of benzene rings is 1. The standard InChI is InChI=1S/C23H31NO2/c1-22(2)11-18-16(20(25)13-22)10-17-19(12-23(3,4)14-21(17)26)24(18)15-8-6-5-7-9-15/h5-9,16,18,20,25H,10-14H2,1-4H3/t16-,18-,20-/m1/s1. The second-order valence-electron chi connectivity index (χ2n) is 10.1. The van der Waals surface area contributed by atoms with Crippen molar-refractivity contribution >= 4 is 11.5 Å². The van der Waals surface area contributed by atoms with E-state index in [1.54, 1.807) is 0 Å². The maximum Gasteiger partial charge on any atom is 0.161 e. The molecule has 3 heteroatoms. The lowest BCUT2D eigenvalue weighted by Gasteiger charge is -2.54. The van der Waals surface area contributed by atoms with E-state index >= 15 is 0 Å². The summed E-state index contributed by atoms with van der Waals surface area (Å²) in [6.45, 7) is 8.91. The second kappa shape index (κ2) is 5.95. The zero-order valence-corrected chi connectivity index (χ0v) is 16.5. The average Bonchev–Trinajstić information content (AvgIpc) is 2.52. The van der Waals surface area contributed by atoms with E-state index in [0.29, 0.717) is 6.42 Å². The highest BCUT2D eigenvalue weighted by Gasteiger charge is 2.50. The van der Waals surface area contributed by atoms with Gasteiger partial charge in [0, 0.05) is 35.3 Å². The lowest BCUT2D eigenvalue weighted by molar-refractivity contribution is -0.119. The van der Waals surface area contributed by atoms with E-state index in [4.69, 9.17) is 0 Å². The monoisotopic (exact) mass is 353 g/mol. The number of anilines is 1. The topological polar surface area (TPSA) is 40.5 Å². The molecule has 2 aliphatic carbocycles. The van der Waals surface area contributed by atoms with Crippen LogP contribution >= 0.6 is 0 Å². The molecule has 4 rings (SSSR count). The summed E-state index contributed by atoms with van der Waals surface area (Å²) >= 11 is 0. The van der Waals surface area contributed by atoms with E-state index in [9.17, 15) is 9.90 Å². The van der Waals surface area contributed by atoms with Gasteiger partial charge < -0.3 is 10.0 Å². The molecular weight excluding hydrogens is 322 g/mol. The molecule has 26 heavy (non-hydrogen) atoms. The fraction of sp³-hybridized carbons (Fsp3) is 0.609. The first-order chi connectivity index (χ1) is 12.2. The predicted octanol–water partition coefficient (Wildman–Crippen LogP) is 4.71. The molecule has 3 aliphatic rings. The number of fused-ring (bicyclic) bond motifs is 1. The molecule has 0 radical (unpaired) electrons. The first-order valence-corrected chi connectivity index (χ1v) is 9.94. The molecule has 140 valence electrons. The quantitative estimate of drug-likeness (QED) is 0.795. The van der Waals surface area contributed by atoms with Gasteiger partial charge in [0.25, 0.3) is 0 Å². The van der Waals surface area contributed by atoms with Gasteiger partial charge in [-0.25, -0.2) is 0 Å². The van der Waals surface area contributed by atoms with Crippen molar-refractivity contribution in [2.75, 3.05) is 4.90 Å². The zero-order valence-electron chi connectivity index (χ0n) is 16.5. The Bertz CT molecular complexity index is 747. The summed E-state index contributed by atoms with van der Waals surface area (Å²) in [7, 11) is 0. The van der Waals surface area contributed by atoms with Gasteiger partial charge in [0.2, 0.25) is 0 Å². The number of hydrogen-bond donors (Lipinski definition) is 1. The molecule has 3 nitrogen and oxygen atoms in total. The molecule has 0 amide bonds. The number of nitrogens with zero attached hydrogens (tertiary/aromatic N) is 1. The zero-order chi connectivity index (χ0) is 18.7. The minimum Gasteiger partial charge on any atom is -0.393 e. The highest BCUT2D eigenvalue weighted by atomic mass is 16.3. The van der Waals surface area contributed by atoms with Gasteiger partial charge in [-0.2, -0.15) is 0 Å². The number of hydrogen-bond acceptors (Lipinski definition) is 3. The van der Waals surface area contributed by atoms with Gasteiger partial charge in [-0.05, 0) is 48.6 Å². The Balaban J connectivity index is 1.86. The summed E-state index contributed by atoms with van der Waals surface area (Å²) in [6.07, 6.45) is 3.83. The smallest absolute Gasteiger partial charge is 0.161 e. The molecule has 0 unspecified atom stereocenters. The van der Waals surface area contributed by atoms with Gasteiger partial charge in [0.1, 0.15) is 0 Å². The van der Waals surface area contributed by atoms with Crippen molar-refractivity contribution in [3.8, 4) is 0 Å². The third kappa shape index (κ3) is 3.00. The Morgan fingerprint density at radius 1 is 1.00 bits per heavy atom. The van der Waals surface area contributed by atoms with Crippen LogP contribution in [0.15, 0.2) is 41.6 Å². The summed E-state index contributed by atoms with van der Waals surface area (Å²) < 4.78 is 0. The van der Waals surface area contributed by atoms with Gasteiger partial charge in [-0.3, -0.25) is 4.79 Å². The van der Waals surface area contributed by atoms with Crippen molar-refractivity contribution in [2.24, 2.45) is 16.7 Å². The first-order valence-electron chi connectivity index (χ1n) is 9.94. The van der Waals surface area contributed by atoms with Crippen molar-refractivity contribution in [1.29, 1.82) is 0 Å². The first kappa shape index (κ1) is 17.8. The lowest BCUT2D eigenvalue weighted by atomic mass is 9.62. The fourth-order valence-corrected chi connectivity index (χ4v) is 5.49. The van der Waals surface area contributed by atoms with Crippen molar-refractivity contribution in [2.45, 2.75) is 71.9 Å². The summed E-state index contributed by atoms with van der Waals surface area (Å²) in [4.78, 5) is 15.4. The van der Waals surface area contributed by atoms with Gasteiger partial charge in [0.15, 0.2) is 5.78 Å². The average molecular weight is 354 g/mol.